The van der Waals surface area contributed by atoms with Crippen LogP contribution in [-0.4, -0.2) is 23.9 Å². The molecule has 0 bridgehead atoms. The Morgan fingerprint density at radius 3 is 2.44 bits per heavy atom. The third-order valence-electron chi connectivity index (χ3n) is 11.5. The zero-order chi connectivity index (χ0) is 23.3. The molecule has 4 aliphatic carbocycles. The first-order chi connectivity index (χ1) is 15.1. The molecule has 0 radical (unpaired) electrons. The summed E-state index contributed by atoms with van der Waals surface area (Å²) >= 11 is 0. The average Bonchev–Trinajstić information content (AvgIpc) is 3.10. The maximum absolute atomic E-state index is 12.0. The molecule has 0 aromatic carbocycles. The molecule has 10 atom stereocenters. The number of fused-ring (bicyclic) bond motifs is 5. The van der Waals surface area contributed by atoms with E-state index in [1.165, 1.54) is 44.9 Å². The second-order valence-electron chi connectivity index (χ2n) is 13.3. The second kappa shape index (κ2) is 8.88. The van der Waals surface area contributed by atoms with Crippen LogP contribution in [0.4, 0.5) is 0 Å². The van der Waals surface area contributed by atoms with Crippen LogP contribution in [0.1, 0.15) is 105 Å². The standard InChI is InChI=1S/C29H49NO2/c1-19(2)8-7-9-20(3)24-10-11-25-23-16-21(18-30)29(31)17-22(32-6)12-15-28(29,5)26(23)13-14-27(24,25)4/h19-26,31H,7-17H2,1-6H3/t20-,21+,22+,23-,24-,25-,26-,27-,28-,29+/m1/s1. The first-order valence-electron chi connectivity index (χ1n) is 13.8. The number of nitriles is 1. The molecule has 0 saturated heterocycles. The van der Waals surface area contributed by atoms with Gasteiger partial charge in [-0.2, -0.15) is 5.26 Å². The third-order valence-corrected chi connectivity index (χ3v) is 11.5. The molecule has 1 N–H and O–H groups in total. The molecule has 182 valence electrons. The van der Waals surface area contributed by atoms with E-state index < -0.39 is 5.60 Å². The van der Waals surface area contributed by atoms with Crippen molar-refractivity contribution >= 4 is 0 Å². The van der Waals surface area contributed by atoms with Crippen LogP contribution in [0.15, 0.2) is 0 Å². The van der Waals surface area contributed by atoms with Crippen LogP contribution in [-0.2, 0) is 4.74 Å². The molecule has 4 fully saturated rings. The zero-order valence-electron chi connectivity index (χ0n) is 21.7. The first kappa shape index (κ1) is 24.5. The summed E-state index contributed by atoms with van der Waals surface area (Å²) in [6, 6.07) is 2.61. The van der Waals surface area contributed by atoms with Crippen LogP contribution in [0.25, 0.3) is 0 Å². The number of hydrogen-bond donors (Lipinski definition) is 1. The highest BCUT2D eigenvalue weighted by atomic mass is 16.5. The van der Waals surface area contributed by atoms with E-state index >= 15 is 0 Å². The highest BCUT2D eigenvalue weighted by Crippen LogP contribution is 2.70. The van der Waals surface area contributed by atoms with Crippen molar-refractivity contribution in [3.05, 3.63) is 0 Å². The maximum Gasteiger partial charge on any atom is 0.0885 e. The lowest BCUT2D eigenvalue weighted by molar-refractivity contribution is -0.239. The Labute approximate surface area is 197 Å². The zero-order valence-corrected chi connectivity index (χ0v) is 21.7. The molecule has 4 aliphatic rings. The topological polar surface area (TPSA) is 53.2 Å². The Morgan fingerprint density at radius 2 is 1.78 bits per heavy atom. The Balaban J connectivity index is 1.56. The van der Waals surface area contributed by atoms with Gasteiger partial charge in [-0.25, -0.2) is 0 Å². The van der Waals surface area contributed by atoms with E-state index in [0.717, 1.165) is 42.9 Å². The minimum atomic E-state index is -0.891. The summed E-state index contributed by atoms with van der Waals surface area (Å²) in [5, 5.41) is 22.2. The fraction of sp³-hybridized carbons (Fsp3) is 0.966. The molecule has 0 amide bonds. The predicted octanol–water partition coefficient (Wildman–Crippen LogP) is 6.99. The molecule has 0 unspecified atom stereocenters. The number of hydrogen-bond acceptors (Lipinski definition) is 3. The van der Waals surface area contributed by atoms with Crippen molar-refractivity contribution < 1.29 is 9.84 Å². The van der Waals surface area contributed by atoms with Crippen molar-refractivity contribution in [1.29, 1.82) is 5.26 Å². The smallest absolute Gasteiger partial charge is 0.0885 e. The van der Waals surface area contributed by atoms with Crippen LogP contribution in [0.2, 0.25) is 0 Å². The van der Waals surface area contributed by atoms with Crippen LogP contribution in [0.5, 0.6) is 0 Å². The Kier molecular flexibility index (Phi) is 6.81. The Hall–Kier alpha value is -0.590. The number of methoxy groups -OCH3 is 1. The lowest BCUT2D eigenvalue weighted by Gasteiger charge is -2.65. The van der Waals surface area contributed by atoms with Gasteiger partial charge in [0.1, 0.15) is 0 Å². The van der Waals surface area contributed by atoms with E-state index in [4.69, 9.17) is 4.74 Å². The first-order valence-corrected chi connectivity index (χ1v) is 13.8. The number of nitrogens with zero attached hydrogens (tertiary/aromatic N) is 1. The average molecular weight is 444 g/mol. The predicted molar refractivity (Wildman–Crippen MR) is 130 cm³/mol. The molecule has 0 aromatic rings. The largest absolute Gasteiger partial charge is 0.388 e. The van der Waals surface area contributed by atoms with Crippen molar-refractivity contribution in [1.82, 2.24) is 0 Å². The Morgan fingerprint density at radius 1 is 1.03 bits per heavy atom. The van der Waals surface area contributed by atoms with Crippen molar-refractivity contribution in [3.63, 3.8) is 0 Å². The van der Waals surface area contributed by atoms with Crippen molar-refractivity contribution in [2.75, 3.05) is 7.11 Å². The van der Waals surface area contributed by atoms with Crippen molar-refractivity contribution in [3.8, 4) is 6.07 Å². The summed E-state index contributed by atoms with van der Waals surface area (Å²) in [4.78, 5) is 0. The van der Waals surface area contributed by atoms with E-state index in [-0.39, 0.29) is 17.4 Å². The van der Waals surface area contributed by atoms with Crippen molar-refractivity contribution in [2.45, 2.75) is 117 Å². The van der Waals surface area contributed by atoms with Gasteiger partial charge in [-0.3, -0.25) is 0 Å². The highest BCUT2D eigenvalue weighted by Gasteiger charge is 2.67. The number of ether oxygens (including phenoxy) is 1. The molecule has 3 nitrogen and oxygen atoms in total. The monoisotopic (exact) mass is 443 g/mol. The second-order valence-corrected chi connectivity index (χ2v) is 13.3. The van der Waals surface area contributed by atoms with Crippen molar-refractivity contribution in [2.24, 2.45) is 52.3 Å². The highest BCUT2D eigenvalue weighted by molar-refractivity contribution is 5.20. The third kappa shape index (κ3) is 3.67. The fourth-order valence-corrected chi connectivity index (χ4v) is 9.67. The van der Waals surface area contributed by atoms with E-state index in [2.05, 4.69) is 40.7 Å². The summed E-state index contributed by atoms with van der Waals surface area (Å²) < 4.78 is 5.68. The number of rotatable bonds is 6. The maximum atomic E-state index is 12.0. The van der Waals surface area contributed by atoms with Gasteiger partial charge in [-0.1, -0.05) is 53.9 Å². The minimum Gasteiger partial charge on any atom is -0.388 e. The van der Waals surface area contributed by atoms with Gasteiger partial charge in [-0.05, 0) is 85.9 Å². The molecule has 0 aliphatic heterocycles. The van der Waals surface area contributed by atoms with Gasteiger partial charge in [0.25, 0.3) is 0 Å². The minimum absolute atomic E-state index is 0.0943. The number of aliphatic hydroxyl groups is 1. The summed E-state index contributed by atoms with van der Waals surface area (Å²) in [5.74, 6) is 4.09. The molecular formula is C29H49NO2. The van der Waals surface area contributed by atoms with Gasteiger partial charge >= 0.3 is 0 Å². The Bertz CT molecular complexity index is 714. The van der Waals surface area contributed by atoms with E-state index in [9.17, 15) is 10.4 Å². The molecular weight excluding hydrogens is 394 g/mol. The molecule has 0 aromatic heterocycles. The molecule has 4 saturated carbocycles. The van der Waals surface area contributed by atoms with Crippen LogP contribution in [0.3, 0.4) is 0 Å². The lowest BCUT2D eigenvalue weighted by atomic mass is 9.41. The van der Waals surface area contributed by atoms with E-state index in [1.807, 2.05) is 0 Å². The molecule has 32 heavy (non-hydrogen) atoms. The fourth-order valence-electron chi connectivity index (χ4n) is 9.67. The van der Waals surface area contributed by atoms with Crippen LogP contribution in [0, 0.1) is 63.6 Å². The van der Waals surface area contributed by atoms with Gasteiger partial charge in [-0.15, -0.1) is 0 Å². The molecule has 4 rings (SSSR count). The van der Waals surface area contributed by atoms with Gasteiger partial charge in [0.2, 0.25) is 0 Å². The molecule has 0 heterocycles. The van der Waals surface area contributed by atoms with Gasteiger partial charge in [0, 0.05) is 18.9 Å². The van der Waals surface area contributed by atoms with Gasteiger partial charge < -0.3 is 9.84 Å². The van der Waals surface area contributed by atoms with E-state index in [0.29, 0.717) is 23.7 Å². The van der Waals surface area contributed by atoms with Crippen LogP contribution >= 0.6 is 0 Å². The van der Waals surface area contributed by atoms with E-state index in [1.54, 1.807) is 7.11 Å². The quantitative estimate of drug-likeness (QED) is 0.481. The van der Waals surface area contributed by atoms with Gasteiger partial charge in [0.15, 0.2) is 0 Å². The van der Waals surface area contributed by atoms with Crippen LogP contribution < -0.4 is 0 Å². The summed E-state index contributed by atoms with van der Waals surface area (Å²) in [6.07, 6.45) is 13.0. The van der Waals surface area contributed by atoms with Gasteiger partial charge in [0.05, 0.1) is 23.7 Å². The normalized spacial score (nSPS) is 49.1. The summed E-state index contributed by atoms with van der Waals surface area (Å²) in [5.41, 5.74) is -0.612. The molecule has 3 heteroatoms. The molecule has 0 spiro atoms. The summed E-state index contributed by atoms with van der Waals surface area (Å²) in [6.45, 7) is 12.2. The SMILES string of the molecule is CO[C@H]1CC[C@]2(C)[C@@H]3CC[C@@]4(C)[C@H](CC[C@@H]4[C@H](C)CCCC(C)C)[C@H]3C[C@@H](C#N)[C@@]2(O)C1. The lowest BCUT2D eigenvalue weighted by Crippen LogP contribution is -2.66. The summed E-state index contributed by atoms with van der Waals surface area (Å²) in [7, 11) is 1.76.